The molecule has 4 nitrogen and oxygen atoms in total. The van der Waals surface area contributed by atoms with Gasteiger partial charge in [-0.3, -0.25) is 0 Å². The van der Waals surface area contributed by atoms with E-state index in [0.29, 0.717) is 5.70 Å². The number of carbonyl (C=O) groups excluding carboxylic acids is 1. The first-order chi connectivity index (χ1) is 10.3. The molecule has 0 amide bonds. The molecule has 1 aromatic carbocycles. The molecule has 0 bridgehead atoms. The fraction of sp³-hybridized carbons (Fsp3) is 0.333. The zero-order valence-electron chi connectivity index (χ0n) is 12.4. The summed E-state index contributed by atoms with van der Waals surface area (Å²) in [7, 11) is 1.25. The molecule has 1 aliphatic rings. The summed E-state index contributed by atoms with van der Waals surface area (Å²) in [6.45, 7) is 3.74. The summed E-state index contributed by atoms with van der Waals surface area (Å²) in [4.78, 5) is 12.2. The van der Waals surface area contributed by atoms with Gasteiger partial charge in [0.1, 0.15) is 11.6 Å². The van der Waals surface area contributed by atoms with Crippen molar-refractivity contribution in [3.63, 3.8) is 0 Å². The molecule has 0 saturated heterocycles. The molecule has 1 aromatic rings. The third-order valence-corrected chi connectivity index (χ3v) is 3.58. The smallest absolute Gasteiger partial charge is 0.337 e. The van der Waals surface area contributed by atoms with Gasteiger partial charge in [-0.2, -0.15) is 0 Å². The van der Waals surface area contributed by atoms with Gasteiger partial charge in [0.05, 0.1) is 18.7 Å². The lowest BCUT2D eigenvalue weighted by molar-refractivity contribution is -0.136. The molecule has 1 aliphatic heterocycles. The molecule has 2 N–H and O–H groups in total. The molecule has 22 heavy (non-hydrogen) atoms. The van der Waals surface area contributed by atoms with Gasteiger partial charge in [-0.15, -0.1) is 0 Å². The number of halogens is 2. The van der Waals surface area contributed by atoms with Gasteiger partial charge in [0, 0.05) is 17.3 Å². The van der Waals surface area contributed by atoms with Crippen LogP contribution >= 0.6 is 12.2 Å². The van der Waals surface area contributed by atoms with E-state index in [0.717, 1.165) is 12.1 Å². The largest absolute Gasteiger partial charge is 0.466 e. The summed E-state index contributed by atoms with van der Waals surface area (Å²) in [6, 6.07) is 2.36. The second-order valence-electron chi connectivity index (χ2n) is 5.17. The average molecular weight is 326 g/mol. The fourth-order valence-electron chi connectivity index (χ4n) is 2.35. The lowest BCUT2D eigenvalue weighted by Gasteiger charge is -2.32. The number of rotatable bonds is 3. The van der Waals surface area contributed by atoms with Crippen molar-refractivity contribution >= 4 is 23.3 Å². The van der Waals surface area contributed by atoms with E-state index >= 15 is 0 Å². The molecular weight excluding hydrogens is 310 g/mol. The van der Waals surface area contributed by atoms with Gasteiger partial charge >= 0.3 is 5.97 Å². The number of carbonyl (C=O) groups is 1. The molecule has 0 radical (unpaired) electrons. The SMILES string of the molecule is COC(=O)C1=C(C(C)C)NC(=S)N[C@H]1c1ccc(F)cc1F. The number of benzene rings is 1. The van der Waals surface area contributed by atoms with E-state index in [1.54, 1.807) is 0 Å². The van der Waals surface area contributed by atoms with Crippen molar-refractivity contribution < 1.29 is 18.3 Å². The minimum atomic E-state index is -0.834. The second-order valence-corrected chi connectivity index (χ2v) is 5.58. The Kier molecular flexibility index (Phi) is 4.75. The topological polar surface area (TPSA) is 50.4 Å². The van der Waals surface area contributed by atoms with Crippen molar-refractivity contribution in [1.29, 1.82) is 0 Å². The summed E-state index contributed by atoms with van der Waals surface area (Å²) in [5.74, 6) is -2.10. The lowest BCUT2D eigenvalue weighted by Crippen LogP contribution is -2.47. The molecule has 0 fully saturated rings. The number of hydrogen-bond acceptors (Lipinski definition) is 3. The molecule has 118 valence electrons. The Balaban J connectivity index is 2.62. The highest BCUT2D eigenvalue weighted by Crippen LogP contribution is 2.31. The highest BCUT2D eigenvalue weighted by molar-refractivity contribution is 7.80. The maximum Gasteiger partial charge on any atom is 0.337 e. The summed E-state index contributed by atoms with van der Waals surface area (Å²) < 4.78 is 32.0. The van der Waals surface area contributed by atoms with Crippen LogP contribution in [0.4, 0.5) is 8.78 Å². The van der Waals surface area contributed by atoms with Gasteiger partial charge in [-0.25, -0.2) is 13.6 Å². The Hall–Kier alpha value is -2.02. The van der Waals surface area contributed by atoms with E-state index in [1.165, 1.54) is 13.2 Å². The first kappa shape index (κ1) is 16.4. The third kappa shape index (κ3) is 3.09. The number of allylic oxidation sites excluding steroid dienone is 1. The van der Waals surface area contributed by atoms with Crippen molar-refractivity contribution in [3.8, 4) is 0 Å². The van der Waals surface area contributed by atoms with Crippen molar-refractivity contribution in [2.24, 2.45) is 5.92 Å². The quantitative estimate of drug-likeness (QED) is 0.660. The zero-order valence-corrected chi connectivity index (χ0v) is 13.2. The van der Waals surface area contributed by atoms with E-state index in [2.05, 4.69) is 10.6 Å². The van der Waals surface area contributed by atoms with E-state index in [1.807, 2.05) is 13.8 Å². The van der Waals surface area contributed by atoms with Crippen molar-refractivity contribution in [2.45, 2.75) is 19.9 Å². The highest BCUT2D eigenvalue weighted by atomic mass is 32.1. The van der Waals surface area contributed by atoms with Crippen molar-refractivity contribution in [2.75, 3.05) is 7.11 Å². The Morgan fingerprint density at radius 2 is 2.05 bits per heavy atom. The van der Waals surface area contributed by atoms with Gasteiger partial charge in [0.25, 0.3) is 0 Å². The number of esters is 1. The monoisotopic (exact) mass is 326 g/mol. The van der Waals surface area contributed by atoms with Gasteiger partial charge in [-0.05, 0) is 24.2 Å². The van der Waals surface area contributed by atoms with Crippen molar-refractivity contribution in [1.82, 2.24) is 10.6 Å². The number of thiocarbonyl (C=S) groups is 1. The Bertz CT molecular complexity index is 659. The molecule has 0 aliphatic carbocycles. The molecule has 2 rings (SSSR count). The van der Waals surface area contributed by atoms with Crippen LogP contribution in [0.3, 0.4) is 0 Å². The second kappa shape index (κ2) is 6.39. The summed E-state index contributed by atoms with van der Waals surface area (Å²) in [6.07, 6.45) is 0. The van der Waals surface area contributed by atoms with Crippen LogP contribution in [0.15, 0.2) is 29.5 Å². The predicted octanol–water partition coefficient (Wildman–Crippen LogP) is 2.57. The van der Waals surface area contributed by atoms with E-state index in [4.69, 9.17) is 17.0 Å². The van der Waals surface area contributed by atoms with Crippen LogP contribution in [0.25, 0.3) is 0 Å². The Morgan fingerprint density at radius 3 is 2.59 bits per heavy atom. The van der Waals surface area contributed by atoms with Crippen molar-refractivity contribution in [3.05, 3.63) is 46.7 Å². The first-order valence-corrected chi connectivity index (χ1v) is 7.10. The van der Waals surface area contributed by atoms with Gasteiger partial charge in [0.2, 0.25) is 0 Å². The minimum Gasteiger partial charge on any atom is -0.466 e. The van der Waals surface area contributed by atoms with E-state index in [-0.39, 0.29) is 22.2 Å². The maximum absolute atomic E-state index is 14.1. The molecule has 1 atom stereocenters. The molecule has 0 spiro atoms. The highest BCUT2D eigenvalue weighted by Gasteiger charge is 2.34. The molecule has 0 unspecified atom stereocenters. The van der Waals surface area contributed by atoms with Gasteiger partial charge in [0.15, 0.2) is 5.11 Å². The molecule has 0 saturated carbocycles. The van der Waals surface area contributed by atoms with Crippen LogP contribution in [0.5, 0.6) is 0 Å². The molecule has 7 heteroatoms. The van der Waals surface area contributed by atoms with Crippen LogP contribution in [0.1, 0.15) is 25.5 Å². The minimum absolute atomic E-state index is 0.0554. The Morgan fingerprint density at radius 1 is 1.36 bits per heavy atom. The number of hydrogen-bond donors (Lipinski definition) is 2. The summed E-state index contributed by atoms with van der Waals surface area (Å²) in [5.41, 5.74) is 0.921. The standard InChI is InChI=1S/C15H16F2N2O2S/c1-7(2)12-11(14(20)21-3)13(19-15(22)18-12)9-5-4-8(16)6-10(9)17/h4-7,13H,1-3H3,(H2,18,19,22)/t13-/m0/s1. The van der Waals surface area contributed by atoms with Crippen LogP contribution in [0, 0.1) is 17.6 Å². The number of ether oxygens (including phenoxy) is 1. The number of nitrogens with one attached hydrogen (secondary N) is 2. The van der Waals surface area contributed by atoms with Gasteiger partial charge in [-0.1, -0.05) is 19.9 Å². The molecule has 0 aromatic heterocycles. The zero-order chi connectivity index (χ0) is 16.4. The first-order valence-electron chi connectivity index (χ1n) is 6.70. The molecular formula is C15H16F2N2O2S. The van der Waals surface area contributed by atoms with Crippen LogP contribution < -0.4 is 10.6 Å². The molecule has 1 heterocycles. The predicted molar refractivity (Wildman–Crippen MR) is 81.8 cm³/mol. The summed E-state index contributed by atoms with van der Waals surface area (Å²) >= 11 is 5.12. The van der Waals surface area contributed by atoms with Crippen LogP contribution in [-0.4, -0.2) is 18.2 Å². The maximum atomic E-state index is 14.1. The normalized spacial score (nSPS) is 18.1. The number of methoxy groups -OCH3 is 1. The van der Waals surface area contributed by atoms with Crippen LogP contribution in [0.2, 0.25) is 0 Å². The van der Waals surface area contributed by atoms with E-state index < -0.39 is 23.6 Å². The van der Waals surface area contributed by atoms with Gasteiger partial charge < -0.3 is 15.4 Å². The van der Waals surface area contributed by atoms with E-state index in [9.17, 15) is 13.6 Å². The van der Waals surface area contributed by atoms with Crippen LogP contribution in [-0.2, 0) is 9.53 Å². The summed E-state index contributed by atoms with van der Waals surface area (Å²) in [5, 5.41) is 6.03. The fourth-order valence-corrected chi connectivity index (χ4v) is 2.57. The lowest BCUT2D eigenvalue weighted by atomic mass is 9.91. The average Bonchev–Trinajstić information content (AvgIpc) is 2.45. The Labute approximate surface area is 132 Å². The third-order valence-electron chi connectivity index (χ3n) is 3.36.